The molecule has 0 bridgehead atoms. The fourth-order valence-corrected chi connectivity index (χ4v) is 2.91. The van der Waals surface area contributed by atoms with Gasteiger partial charge >= 0.3 is 0 Å². The van der Waals surface area contributed by atoms with Crippen LogP contribution in [0.2, 0.25) is 0 Å². The van der Waals surface area contributed by atoms with Crippen LogP contribution in [-0.4, -0.2) is 31.7 Å². The molecule has 1 amide bonds. The topological polar surface area (TPSA) is 69.7 Å². The lowest BCUT2D eigenvalue weighted by Gasteiger charge is -2.09. The van der Waals surface area contributed by atoms with Crippen LogP contribution in [0.4, 0.5) is 0 Å². The molecule has 160 valence electrons. The molecule has 0 aliphatic heterocycles. The Kier molecular flexibility index (Phi) is 8.05. The van der Waals surface area contributed by atoms with Crippen molar-refractivity contribution in [3.8, 4) is 17.2 Å². The molecule has 0 radical (unpaired) electrons. The van der Waals surface area contributed by atoms with Gasteiger partial charge in [-0.2, -0.15) is 0 Å². The molecule has 3 rings (SSSR count). The van der Waals surface area contributed by atoms with Crippen LogP contribution in [0.1, 0.15) is 16.8 Å². The lowest BCUT2D eigenvalue weighted by Crippen LogP contribution is -2.23. The van der Waals surface area contributed by atoms with Crippen molar-refractivity contribution >= 4 is 12.0 Å². The van der Waals surface area contributed by atoms with Crippen molar-refractivity contribution in [3.05, 3.63) is 89.8 Å². The maximum absolute atomic E-state index is 12.1. The molecule has 3 aromatic rings. The standard InChI is InChI=1S/C25H26N2O4/c1-29-23-12-8-20(17-24(23)30-2)14-16-27-25(28)13-9-19-6-10-22(11-7-19)31-18-21-5-3-4-15-26-21/h3-13,15,17H,14,16,18H2,1-2H3,(H,27,28). The molecule has 6 nitrogen and oxygen atoms in total. The number of hydrogen-bond donors (Lipinski definition) is 1. The highest BCUT2D eigenvalue weighted by Crippen LogP contribution is 2.27. The monoisotopic (exact) mass is 418 g/mol. The molecule has 0 saturated carbocycles. The molecule has 6 heteroatoms. The highest BCUT2D eigenvalue weighted by molar-refractivity contribution is 5.91. The number of carbonyl (C=O) groups excluding carboxylic acids is 1. The average Bonchev–Trinajstić information content (AvgIpc) is 2.82. The number of carbonyl (C=O) groups is 1. The highest BCUT2D eigenvalue weighted by Gasteiger charge is 2.05. The Labute approximate surface area is 182 Å². The van der Waals surface area contributed by atoms with Crippen LogP contribution in [0.5, 0.6) is 17.2 Å². The van der Waals surface area contributed by atoms with Crippen LogP contribution in [0.15, 0.2) is 72.9 Å². The van der Waals surface area contributed by atoms with Gasteiger partial charge in [0, 0.05) is 18.8 Å². The van der Waals surface area contributed by atoms with E-state index in [1.807, 2.05) is 60.7 Å². The van der Waals surface area contributed by atoms with Gasteiger partial charge in [-0.15, -0.1) is 0 Å². The maximum Gasteiger partial charge on any atom is 0.244 e. The number of aromatic nitrogens is 1. The number of hydrogen-bond acceptors (Lipinski definition) is 5. The van der Waals surface area contributed by atoms with E-state index < -0.39 is 0 Å². The van der Waals surface area contributed by atoms with E-state index in [1.54, 1.807) is 26.5 Å². The first-order valence-corrected chi connectivity index (χ1v) is 9.97. The van der Waals surface area contributed by atoms with Crippen LogP contribution in [0, 0.1) is 0 Å². The molecule has 0 atom stereocenters. The zero-order valence-electron chi connectivity index (χ0n) is 17.7. The third-order valence-corrected chi connectivity index (χ3v) is 4.58. The Morgan fingerprint density at radius 2 is 1.81 bits per heavy atom. The summed E-state index contributed by atoms with van der Waals surface area (Å²) in [6.07, 6.45) is 5.74. The number of methoxy groups -OCH3 is 2. The van der Waals surface area contributed by atoms with E-state index in [1.165, 1.54) is 6.08 Å². The first kappa shape index (κ1) is 21.9. The van der Waals surface area contributed by atoms with Gasteiger partial charge in [-0.05, 0) is 60.0 Å². The molecule has 0 fully saturated rings. The Bertz CT molecular complexity index is 1000. The molecule has 31 heavy (non-hydrogen) atoms. The van der Waals surface area contributed by atoms with Crippen molar-refractivity contribution in [2.45, 2.75) is 13.0 Å². The molecule has 1 N–H and O–H groups in total. The Hall–Kier alpha value is -3.80. The number of rotatable bonds is 10. The van der Waals surface area contributed by atoms with Crippen molar-refractivity contribution < 1.29 is 19.0 Å². The Morgan fingerprint density at radius 1 is 1.00 bits per heavy atom. The van der Waals surface area contributed by atoms with E-state index in [0.717, 1.165) is 22.6 Å². The predicted octanol–water partition coefficient (Wildman–Crippen LogP) is 4.05. The Balaban J connectivity index is 1.43. The van der Waals surface area contributed by atoms with E-state index in [2.05, 4.69) is 10.3 Å². The third-order valence-electron chi connectivity index (χ3n) is 4.58. The third kappa shape index (κ3) is 6.89. The van der Waals surface area contributed by atoms with Crippen molar-refractivity contribution in [3.63, 3.8) is 0 Å². The van der Waals surface area contributed by atoms with Gasteiger partial charge in [0.15, 0.2) is 11.5 Å². The average molecular weight is 418 g/mol. The number of pyridine rings is 1. The van der Waals surface area contributed by atoms with Gasteiger partial charge < -0.3 is 19.5 Å². The molecule has 1 aromatic heterocycles. The number of benzene rings is 2. The summed E-state index contributed by atoms with van der Waals surface area (Å²) in [5, 5.41) is 2.89. The summed E-state index contributed by atoms with van der Waals surface area (Å²) in [6.45, 7) is 0.942. The summed E-state index contributed by atoms with van der Waals surface area (Å²) in [5.74, 6) is 1.98. The summed E-state index contributed by atoms with van der Waals surface area (Å²) in [7, 11) is 3.21. The molecule has 0 saturated heterocycles. The SMILES string of the molecule is COc1ccc(CCNC(=O)C=Cc2ccc(OCc3ccccn3)cc2)cc1OC. The van der Waals surface area contributed by atoms with E-state index >= 15 is 0 Å². The summed E-state index contributed by atoms with van der Waals surface area (Å²) in [5.41, 5.74) is 2.85. The minimum Gasteiger partial charge on any atom is -0.493 e. The first-order chi connectivity index (χ1) is 15.2. The molecule has 1 heterocycles. The van der Waals surface area contributed by atoms with E-state index in [9.17, 15) is 4.79 Å². The summed E-state index contributed by atoms with van der Waals surface area (Å²) < 4.78 is 16.3. The summed E-state index contributed by atoms with van der Waals surface area (Å²) in [6, 6.07) is 19.0. The second-order valence-electron chi connectivity index (χ2n) is 6.74. The van der Waals surface area contributed by atoms with Crippen molar-refractivity contribution in [2.24, 2.45) is 0 Å². The normalized spacial score (nSPS) is 10.6. The second kappa shape index (κ2) is 11.4. The van der Waals surface area contributed by atoms with Crippen LogP contribution in [-0.2, 0) is 17.8 Å². The van der Waals surface area contributed by atoms with Crippen molar-refractivity contribution in [1.29, 1.82) is 0 Å². The van der Waals surface area contributed by atoms with Gasteiger partial charge in [0.05, 0.1) is 19.9 Å². The van der Waals surface area contributed by atoms with E-state index in [4.69, 9.17) is 14.2 Å². The van der Waals surface area contributed by atoms with Gasteiger partial charge in [0.25, 0.3) is 0 Å². The first-order valence-electron chi connectivity index (χ1n) is 9.97. The number of nitrogens with zero attached hydrogens (tertiary/aromatic N) is 1. The number of nitrogens with one attached hydrogen (secondary N) is 1. The van der Waals surface area contributed by atoms with Crippen LogP contribution >= 0.6 is 0 Å². The lowest BCUT2D eigenvalue weighted by atomic mass is 10.1. The molecular formula is C25H26N2O4. The van der Waals surface area contributed by atoms with E-state index in [0.29, 0.717) is 31.1 Å². The summed E-state index contributed by atoms with van der Waals surface area (Å²) in [4.78, 5) is 16.3. The Morgan fingerprint density at radius 3 is 2.52 bits per heavy atom. The highest BCUT2D eigenvalue weighted by atomic mass is 16.5. The predicted molar refractivity (Wildman–Crippen MR) is 120 cm³/mol. The molecule has 2 aromatic carbocycles. The smallest absolute Gasteiger partial charge is 0.244 e. The fraction of sp³-hybridized carbons (Fsp3) is 0.200. The van der Waals surface area contributed by atoms with Crippen LogP contribution in [0.25, 0.3) is 6.08 Å². The zero-order chi connectivity index (χ0) is 21.9. The molecular weight excluding hydrogens is 392 g/mol. The van der Waals surface area contributed by atoms with Crippen molar-refractivity contribution in [1.82, 2.24) is 10.3 Å². The molecule has 0 aliphatic carbocycles. The second-order valence-corrected chi connectivity index (χ2v) is 6.74. The largest absolute Gasteiger partial charge is 0.493 e. The van der Waals surface area contributed by atoms with Gasteiger partial charge in [-0.25, -0.2) is 0 Å². The maximum atomic E-state index is 12.1. The van der Waals surface area contributed by atoms with Gasteiger partial charge in [-0.1, -0.05) is 24.3 Å². The minimum absolute atomic E-state index is 0.143. The lowest BCUT2D eigenvalue weighted by molar-refractivity contribution is -0.116. The van der Waals surface area contributed by atoms with Gasteiger partial charge in [0.2, 0.25) is 5.91 Å². The number of ether oxygens (including phenoxy) is 3. The fourth-order valence-electron chi connectivity index (χ4n) is 2.91. The van der Waals surface area contributed by atoms with Crippen LogP contribution < -0.4 is 19.5 Å². The minimum atomic E-state index is -0.143. The zero-order valence-corrected chi connectivity index (χ0v) is 17.7. The molecule has 0 aliphatic rings. The summed E-state index contributed by atoms with van der Waals surface area (Å²) >= 11 is 0. The van der Waals surface area contributed by atoms with Gasteiger partial charge in [-0.3, -0.25) is 9.78 Å². The molecule has 0 spiro atoms. The quantitative estimate of drug-likeness (QED) is 0.503. The number of amides is 1. The molecule has 0 unspecified atom stereocenters. The van der Waals surface area contributed by atoms with Crippen LogP contribution in [0.3, 0.4) is 0 Å². The van der Waals surface area contributed by atoms with E-state index in [-0.39, 0.29) is 5.91 Å². The van der Waals surface area contributed by atoms with Crippen molar-refractivity contribution in [2.75, 3.05) is 20.8 Å². The van der Waals surface area contributed by atoms with Gasteiger partial charge in [0.1, 0.15) is 12.4 Å².